The zero-order valence-corrected chi connectivity index (χ0v) is 18.1. The number of ether oxygens (including phenoxy) is 2. The number of aryl methyl sites for hydroxylation is 1. The van der Waals surface area contributed by atoms with Crippen molar-refractivity contribution in [2.24, 2.45) is 0 Å². The van der Waals surface area contributed by atoms with E-state index >= 15 is 0 Å². The van der Waals surface area contributed by atoms with Gasteiger partial charge in [-0.3, -0.25) is 4.79 Å². The van der Waals surface area contributed by atoms with Crippen molar-refractivity contribution in [3.63, 3.8) is 0 Å². The average Bonchev–Trinajstić information content (AvgIpc) is 3.46. The van der Waals surface area contributed by atoms with Crippen molar-refractivity contribution < 1.29 is 14.3 Å². The van der Waals surface area contributed by atoms with E-state index in [1.807, 2.05) is 38.4 Å². The molecule has 0 spiro atoms. The van der Waals surface area contributed by atoms with Crippen LogP contribution in [0.5, 0.6) is 11.5 Å². The first-order chi connectivity index (χ1) is 15.0. The lowest BCUT2D eigenvalue weighted by Crippen LogP contribution is -2.27. The minimum atomic E-state index is -0.487. The Morgan fingerprint density at radius 3 is 2.39 bits per heavy atom. The van der Waals surface area contributed by atoms with Crippen molar-refractivity contribution in [2.75, 3.05) is 31.1 Å². The van der Waals surface area contributed by atoms with Crippen LogP contribution in [-0.2, 0) is 10.2 Å². The van der Waals surface area contributed by atoms with Crippen LogP contribution in [0.25, 0.3) is 11.1 Å². The van der Waals surface area contributed by atoms with Gasteiger partial charge >= 0.3 is 0 Å². The van der Waals surface area contributed by atoms with Crippen molar-refractivity contribution in [2.45, 2.75) is 25.2 Å². The number of carbonyl (C=O) groups is 1. The minimum absolute atomic E-state index is 0.0316. The fourth-order valence-corrected chi connectivity index (χ4v) is 4.17. The summed E-state index contributed by atoms with van der Waals surface area (Å²) >= 11 is 0. The second kappa shape index (κ2) is 7.34. The summed E-state index contributed by atoms with van der Waals surface area (Å²) in [7, 11) is 4.06. The summed E-state index contributed by atoms with van der Waals surface area (Å²) in [5.74, 6) is 1.49. The Labute approximate surface area is 182 Å². The summed E-state index contributed by atoms with van der Waals surface area (Å²) in [5.41, 5.74) is 5.90. The summed E-state index contributed by atoms with van der Waals surface area (Å²) in [6, 6.07) is 20.4. The maximum Gasteiger partial charge on any atom is 0.235 e. The van der Waals surface area contributed by atoms with Gasteiger partial charge in [-0.2, -0.15) is 0 Å². The van der Waals surface area contributed by atoms with Crippen LogP contribution in [0, 0.1) is 6.92 Å². The highest BCUT2D eigenvalue weighted by Crippen LogP contribution is 2.51. The second-order valence-corrected chi connectivity index (χ2v) is 8.58. The molecule has 2 aliphatic rings. The van der Waals surface area contributed by atoms with Gasteiger partial charge in [0.25, 0.3) is 0 Å². The van der Waals surface area contributed by atoms with E-state index in [0.717, 1.165) is 52.4 Å². The van der Waals surface area contributed by atoms with Crippen LogP contribution in [0.15, 0.2) is 60.7 Å². The number of benzene rings is 3. The molecule has 1 aliphatic heterocycles. The predicted octanol–water partition coefficient (Wildman–Crippen LogP) is 5.13. The van der Waals surface area contributed by atoms with Gasteiger partial charge in [0.1, 0.15) is 0 Å². The Hall–Kier alpha value is -3.47. The van der Waals surface area contributed by atoms with Gasteiger partial charge < -0.3 is 19.7 Å². The highest BCUT2D eigenvalue weighted by atomic mass is 16.7. The van der Waals surface area contributed by atoms with E-state index in [0.29, 0.717) is 0 Å². The van der Waals surface area contributed by atoms with Gasteiger partial charge in [0.05, 0.1) is 5.41 Å². The Morgan fingerprint density at radius 1 is 0.935 bits per heavy atom. The van der Waals surface area contributed by atoms with Gasteiger partial charge in [-0.25, -0.2) is 0 Å². The molecule has 0 radical (unpaired) electrons. The first kappa shape index (κ1) is 19.5. The Kier molecular flexibility index (Phi) is 4.62. The molecular formula is C26H26N2O3. The van der Waals surface area contributed by atoms with E-state index < -0.39 is 5.41 Å². The van der Waals surface area contributed by atoms with Gasteiger partial charge in [0.15, 0.2) is 11.5 Å². The third kappa shape index (κ3) is 3.50. The highest BCUT2D eigenvalue weighted by Gasteiger charge is 2.51. The SMILES string of the molecule is Cc1ccc(NC(=O)C2(c3ccc4c(c3)OCO4)CC2)cc1-c1ccc(N(C)C)cc1. The topological polar surface area (TPSA) is 50.8 Å². The molecule has 158 valence electrons. The standard InChI is InChI=1S/C26H26N2O3/c1-17-4-8-20(15-22(17)18-5-9-21(10-6-18)28(2)3)27-25(29)26(12-13-26)19-7-11-23-24(14-19)31-16-30-23/h4-11,14-15H,12-13,16H2,1-3H3,(H,27,29). The van der Waals surface area contributed by atoms with Crippen LogP contribution in [-0.4, -0.2) is 26.8 Å². The maximum atomic E-state index is 13.3. The lowest BCUT2D eigenvalue weighted by atomic mass is 9.94. The zero-order chi connectivity index (χ0) is 21.6. The molecule has 1 amide bonds. The zero-order valence-electron chi connectivity index (χ0n) is 18.1. The highest BCUT2D eigenvalue weighted by molar-refractivity contribution is 6.02. The van der Waals surface area contributed by atoms with Crippen LogP contribution < -0.4 is 19.7 Å². The van der Waals surface area contributed by atoms with Crippen LogP contribution >= 0.6 is 0 Å². The lowest BCUT2D eigenvalue weighted by molar-refractivity contribution is -0.118. The number of rotatable bonds is 5. The summed E-state index contributed by atoms with van der Waals surface area (Å²) in [4.78, 5) is 15.3. The van der Waals surface area contributed by atoms with Crippen molar-refractivity contribution >= 4 is 17.3 Å². The molecule has 3 aromatic rings. The molecule has 0 aromatic heterocycles. The number of carbonyl (C=O) groups excluding carboxylic acids is 1. The molecule has 0 unspecified atom stereocenters. The second-order valence-electron chi connectivity index (χ2n) is 8.58. The van der Waals surface area contributed by atoms with Crippen LogP contribution in [0.2, 0.25) is 0 Å². The molecule has 1 aliphatic carbocycles. The molecular weight excluding hydrogens is 388 g/mol. The van der Waals surface area contributed by atoms with Crippen molar-refractivity contribution in [3.8, 4) is 22.6 Å². The molecule has 3 aromatic carbocycles. The molecule has 31 heavy (non-hydrogen) atoms. The summed E-state index contributed by atoms with van der Waals surface area (Å²) in [6.45, 7) is 2.33. The fraction of sp³-hybridized carbons (Fsp3) is 0.269. The lowest BCUT2D eigenvalue weighted by Gasteiger charge is -2.18. The van der Waals surface area contributed by atoms with Gasteiger partial charge in [0, 0.05) is 25.5 Å². The third-order valence-corrected chi connectivity index (χ3v) is 6.30. The molecule has 0 atom stereocenters. The Bertz CT molecular complexity index is 1150. The normalized spacial score (nSPS) is 15.5. The molecule has 5 rings (SSSR count). The quantitative estimate of drug-likeness (QED) is 0.629. The Balaban J connectivity index is 1.39. The predicted molar refractivity (Wildman–Crippen MR) is 123 cm³/mol. The van der Waals surface area contributed by atoms with E-state index in [1.54, 1.807) is 0 Å². The number of nitrogens with one attached hydrogen (secondary N) is 1. The molecule has 5 heteroatoms. The fourth-order valence-electron chi connectivity index (χ4n) is 4.17. The van der Waals surface area contributed by atoms with Gasteiger partial charge in [-0.05, 0) is 78.4 Å². The first-order valence-corrected chi connectivity index (χ1v) is 10.6. The number of nitrogens with zero attached hydrogens (tertiary/aromatic N) is 1. The van der Waals surface area contributed by atoms with E-state index in [4.69, 9.17) is 9.47 Å². The Morgan fingerprint density at radius 2 is 1.68 bits per heavy atom. The van der Waals surface area contributed by atoms with Crippen molar-refractivity contribution in [1.29, 1.82) is 0 Å². The number of hydrogen-bond acceptors (Lipinski definition) is 4. The molecule has 1 heterocycles. The van der Waals surface area contributed by atoms with Crippen LogP contribution in [0.4, 0.5) is 11.4 Å². The van der Waals surface area contributed by atoms with Crippen molar-refractivity contribution in [3.05, 3.63) is 71.8 Å². The van der Waals surface area contributed by atoms with Crippen molar-refractivity contribution in [1.82, 2.24) is 0 Å². The molecule has 5 nitrogen and oxygen atoms in total. The molecule has 0 saturated heterocycles. The largest absolute Gasteiger partial charge is 0.454 e. The summed E-state index contributed by atoms with van der Waals surface area (Å²) < 4.78 is 10.9. The smallest absolute Gasteiger partial charge is 0.235 e. The average molecular weight is 415 g/mol. The maximum absolute atomic E-state index is 13.3. The minimum Gasteiger partial charge on any atom is -0.454 e. The molecule has 1 fully saturated rings. The number of hydrogen-bond donors (Lipinski definition) is 1. The van der Waals surface area contributed by atoms with E-state index in [9.17, 15) is 4.79 Å². The van der Waals surface area contributed by atoms with E-state index in [2.05, 4.69) is 53.5 Å². The molecule has 1 saturated carbocycles. The number of fused-ring (bicyclic) bond motifs is 1. The van der Waals surface area contributed by atoms with Gasteiger partial charge in [0.2, 0.25) is 12.7 Å². The van der Waals surface area contributed by atoms with E-state index in [-0.39, 0.29) is 12.7 Å². The monoisotopic (exact) mass is 414 g/mol. The van der Waals surface area contributed by atoms with Crippen LogP contribution in [0.1, 0.15) is 24.0 Å². The van der Waals surface area contributed by atoms with Crippen LogP contribution in [0.3, 0.4) is 0 Å². The number of amides is 1. The first-order valence-electron chi connectivity index (χ1n) is 10.6. The summed E-state index contributed by atoms with van der Waals surface area (Å²) in [5, 5.41) is 3.16. The third-order valence-electron chi connectivity index (χ3n) is 6.30. The van der Waals surface area contributed by atoms with Gasteiger partial charge in [-0.1, -0.05) is 24.3 Å². The van der Waals surface area contributed by atoms with E-state index in [1.165, 1.54) is 5.56 Å². The summed E-state index contributed by atoms with van der Waals surface area (Å²) in [6.07, 6.45) is 1.67. The molecule has 0 bridgehead atoms. The number of anilines is 2. The van der Waals surface area contributed by atoms with Gasteiger partial charge in [-0.15, -0.1) is 0 Å². The molecule has 1 N–H and O–H groups in total.